The van der Waals surface area contributed by atoms with Gasteiger partial charge in [0.05, 0.1) is 45.7 Å². The van der Waals surface area contributed by atoms with Crippen LogP contribution in [0.25, 0.3) is 55.2 Å². The van der Waals surface area contributed by atoms with Crippen LogP contribution in [0.2, 0.25) is 5.02 Å². The number of aromatic nitrogens is 2. The van der Waals surface area contributed by atoms with Crippen molar-refractivity contribution in [2.45, 2.75) is 20.0 Å². The molecule has 0 fully saturated rings. The number of carboxylic acid groups (broad SMARTS) is 1. The van der Waals surface area contributed by atoms with Gasteiger partial charge in [-0.3, -0.25) is 9.59 Å². The molecule has 2 aliphatic rings. The smallest absolute Gasteiger partial charge is 0.373 e. The van der Waals surface area contributed by atoms with E-state index in [1.165, 1.54) is 26.2 Å². The zero-order chi connectivity index (χ0) is 42.7. The number of hydrogen-bond donors (Lipinski definition) is 4. The quantitative estimate of drug-likeness (QED) is 0.0442. The van der Waals surface area contributed by atoms with E-state index in [1.807, 2.05) is 36.4 Å². The number of methoxy groups -OCH3 is 1. The number of aromatic carboxylic acids is 1. The number of hydrogen-bond acceptors (Lipinski definition) is 13. The van der Waals surface area contributed by atoms with Crippen molar-refractivity contribution in [3.8, 4) is 22.5 Å². The van der Waals surface area contributed by atoms with Crippen molar-refractivity contribution in [3.05, 3.63) is 146 Å². The van der Waals surface area contributed by atoms with Gasteiger partial charge in [-0.25, -0.2) is 19.6 Å². The third kappa shape index (κ3) is 7.59. The highest BCUT2D eigenvalue weighted by atomic mass is 35.5. The molecule has 4 aromatic carbocycles. The minimum atomic E-state index is -1.15. The van der Waals surface area contributed by atoms with Crippen molar-refractivity contribution in [1.29, 1.82) is 0 Å². The molecule has 0 radical (unpaired) electrons. The fourth-order valence-corrected chi connectivity index (χ4v) is 7.28. The van der Waals surface area contributed by atoms with Gasteiger partial charge in [-0.1, -0.05) is 66.2 Å². The Morgan fingerprint density at radius 3 is 2.02 bits per heavy atom. The lowest BCUT2D eigenvalue weighted by atomic mass is 9.88. The largest absolute Gasteiger partial charge is 0.478 e. The lowest BCUT2D eigenvalue weighted by Gasteiger charge is -2.22. The molecule has 15 heteroatoms. The number of halogens is 1. The summed E-state index contributed by atoms with van der Waals surface area (Å²) in [5, 5.41) is 19.0. The number of rotatable bonds is 10. The first-order chi connectivity index (χ1) is 28.9. The van der Waals surface area contributed by atoms with Gasteiger partial charge in [0.2, 0.25) is 5.43 Å². The lowest BCUT2D eigenvalue weighted by Crippen LogP contribution is -2.17. The zero-order valence-electron chi connectivity index (χ0n) is 31.8. The van der Waals surface area contributed by atoms with E-state index in [4.69, 9.17) is 36.1 Å². The van der Waals surface area contributed by atoms with E-state index in [0.717, 1.165) is 10.8 Å². The molecule has 8 rings (SSSR count). The number of anilines is 3. The molecule has 0 amide bonds. The maximum absolute atomic E-state index is 14.0. The summed E-state index contributed by atoms with van der Waals surface area (Å²) in [5.74, 6) is -1.76. The summed E-state index contributed by atoms with van der Waals surface area (Å²) >= 11 is 6.69. The van der Waals surface area contributed by atoms with Crippen molar-refractivity contribution in [2.24, 2.45) is 0 Å². The highest BCUT2D eigenvalue weighted by Crippen LogP contribution is 2.45. The molecular weight excluding hydrogens is 790 g/mol. The molecule has 14 nitrogen and oxygen atoms in total. The first-order valence-electron chi connectivity index (χ1n) is 18.1. The summed E-state index contributed by atoms with van der Waals surface area (Å²) in [6, 6.07) is 29.4. The Hall–Kier alpha value is -7.93. The third-order valence-electron chi connectivity index (χ3n) is 9.85. The number of benzene rings is 5. The van der Waals surface area contributed by atoms with Gasteiger partial charge in [0.1, 0.15) is 22.7 Å². The minimum absolute atomic E-state index is 0.0242. The number of carbonyl (C=O) groups excluding carboxylic acids is 4. The van der Waals surface area contributed by atoms with Crippen LogP contribution in [0.1, 0.15) is 49.4 Å². The number of fused-ring (bicyclic) bond motifs is 4. The molecule has 0 saturated carbocycles. The molecule has 2 aromatic heterocycles. The number of nitrogens with two attached hydrogens (primary N) is 1. The molecule has 298 valence electrons. The van der Waals surface area contributed by atoms with Gasteiger partial charge in [-0.05, 0) is 54.1 Å². The molecule has 5 N–H and O–H groups in total. The molecule has 1 aliphatic carbocycles. The topological polar surface area (TPSA) is 221 Å². The van der Waals surface area contributed by atoms with Gasteiger partial charge < -0.3 is 30.6 Å². The highest BCUT2D eigenvalue weighted by Gasteiger charge is 2.28. The Morgan fingerprint density at radius 2 is 1.40 bits per heavy atom. The Kier molecular flexibility index (Phi) is 11.3. The zero-order valence-corrected chi connectivity index (χ0v) is 32.5. The average molecular weight is 822 g/mol. The van der Waals surface area contributed by atoms with Crippen LogP contribution >= 0.6 is 11.6 Å². The van der Waals surface area contributed by atoms with Crippen molar-refractivity contribution in [3.63, 3.8) is 0 Å². The number of Topliss-reactive ketones (excluding diaryl/α,β-unsaturated/α-hetero) is 1. The summed E-state index contributed by atoms with van der Waals surface area (Å²) in [4.78, 5) is 76.6. The van der Waals surface area contributed by atoms with Crippen LogP contribution < -0.4 is 21.8 Å². The number of nitrogen functional groups attached to an aromatic ring is 1. The summed E-state index contributed by atoms with van der Waals surface area (Å²) < 4.78 is 11.6. The fourth-order valence-electron chi connectivity index (χ4n) is 7.06. The monoisotopic (exact) mass is 821 g/mol. The second-order valence-electron chi connectivity index (χ2n) is 13.4. The van der Waals surface area contributed by atoms with Crippen molar-refractivity contribution >= 4 is 85.3 Å². The van der Waals surface area contributed by atoms with Gasteiger partial charge >= 0.3 is 18.1 Å². The molecule has 0 bridgehead atoms. The van der Waals surface area contributed by atoms with Crippen LogP contribution in [-0.4, -0.2) is 46.1 Å². The van der Waals surface area contributed by atoms with Crippen molar-refractivity contribution in [2.75, 3.05) is 23.5 Å². The van der Waals surface area contributed by atoms with Crippen LogP contribution in [0.3, 0.4) is 0 Å². The number of ketones is 1. The van der Waals surface area contributed by atoms with Crippen molar-refractivity contribution < 1.29 is 38.2 Å². The number of esters is 1. The van der Waals surface area contributed by atoms with Gasteiger partial charge in [0.15, 0.2) is 5.78 Å². The second kappa shape index (κ2) is 16.9. The Labute approximate surface area is 344 Å². The SMILES string of the molecule is COC(=O)c1ccc2cccc(NCc3c4oc5c(CNc6cccc7ccc(C(C)=O)nc67)c(N)ccc5c(-c5ccccc5C(=O)O)c-4cc(Cl)c3=O)c2n1.O=C=O. The van der Waals surface area contributed by atoms with Crippen LogP contribution in [0, 0.1) is 0 Å². The molecule has 0 atom stereocenters. The predicted molar refractivity (Wildman–Crippen MR) is 225 cm³/mol. The van der Waals surface area contributed by atoms with Gasteiger partial charge in [0.25, 0.3) is 0 Å². The van der Waals surface area contributed by atoms with E-state index in [2.05, 4.69) is 20.6 Å². The van der Waals surface area contributed by atoms with Crippen LogP contribution in [0.4, 0.5) is 17.1 Å². The van der Waals surface area contributed by atoms with E-state index in [1.54, 1.807) is 54.6 Å². The molecular formula is C45H32ClN5O9. The van der Waals surface area contributed by atoms with E-state index in [9.17, 15) is 24.3 Å². The maximum atomic E-state index is 14.0. The maximum Gasteiger partial charge on any atom is 0.373 e. The number of carboxylic acids is 1. The van der Waals surface area contributed by atoms with E-state index < -0.39 is 17.4 Å². The standard InChI is InChI=1S/C44H32ClN5O7.CO2/c1-22(51)33-17-13-23-7-5-11-34(38(23)49-33)47-20-29-32(46)16-15-27-37(25-9-3-4-10-26(25)43(53)54)28-19-31(45)40(52)30(42(28)57-41(27)29)21-48-35-12-6-8-24-14-18-36(44(55)56-2)50-39(24)35;2-1-3/h3-19,47-48H,20-21,46H2,1-2H3,(H,53,54);. The number of nitrogens with one attached hydrogen (secondary N) is 2. The summed E-state index contributed by atoms with van der Waals surface area (Å²) in [6.45, 7) is 1.49. The Morgan fingerprint density at radius 1 is 0.800 bits per heavy atom. The second-order valence-corrected chi connectivity index (χ2v) is 13.8. The molecule has 0 spiro atoms. The normalized spacial score (nSPS) is 10.8. The third-order valence-corrected chi connectivity index (χ3v) is 10.1. The van der Waals surface area contributed by atoms with Crippen molar-refractivity contribution in [1.82, 2.24) is 9.97 Å². The van der Waals surface area contributed by atoms with Crippen LogP contribution in [0.5, 0.6) is 0 Å². The van der Waals surface area contributed by atoms with Gasteiger partial charge in [-0.15, -0.1) is 0 Å². The van der Waals surface area contributed by atoms with Crippen LogP contribution in [-0.2, 0) is 27.4 Å². The number of para-hydroxylation sites is 2. The predicted octanol–water partition coefficient (Wildman–Crippen LogP) is 8.22. The molecule has 0 unspecified atom stereocenters. The number of nitrogens with zero attached hydrogens (tertiary/aromatic N) is 2. The fraction of sp³-hybridized carbons (Fsp3) is 0.0889. The van der Waals surface area contributed by atoms with Gasteiger partial charge in [-0.2, -0.15) is 9.59 Å². The Balaban J connectivity index is 0.00000176. The molecule has 3 heterocycles. The molecule has 60 heavy (non-hydrogen) atoms. The number of pyridine rings is 2. The van der Waals surface area contributed by atoms with Gasteiger partial charge in [0, 0.05) is 58.5 Å². The molecule has 6 aromatic rings. The number of carbonyl (C=O) groups is 3. The summed E-state index contributed by atoms with van der Waals surface area (Å²) in [7, 11) is 1.27. The molecule has 0 saturated heterocycles. The highest BCUT2D eigenvalue weighted by molar-refractivity contribution is 6.31. The van der Waals surface area contributed by atoms with Crippen LogP contribution in [0.15, 0.2) is 112 Å². The van der Waals surface area contributed by atoms with E-state index in [-0.39, 0.29) is 52.6 Å². The average Bonchev–Trinajstić information content (AvgIpc) is 3.25. The molecule has 1 aliphatic heterocycles. The Bertz CT molecular complexity index is 3100. The van der Waals surface area contributed by atoms with E-state index in [0.29, 0.717) is 67.0 Å². The first-order valence-corrected chi connectivity index (χ1v) is 18.5. The summed E-state index contributed by atoms with van der Waals surface area (Å²) in [5.41, 5.74) is 11.4. The number of ether oxygens (including phenoxy) is 1. The lowest BCUT2D eigenvalue weighted by molar-refractivity contribution is -0.191. The van der Waals surface area contributed by atoms with E-state index >= 15 is 0 Å². The minimum Gasteiger partial charge on any atom is -0.478 e. The summed E-state index contributed by atoms with van der Waals surface area (Å²) in [6.07, 6.45) is 0.250. The first kappa shape index (κ1) is 40.3.